The summed E-state index contributed by atoms with van der Waals surface area (Å²) in [5, 5.41) is 8.94. The first-order chi connectivity index (χ1) is 9.06. The van der Waals surface area contributed by atoms with Crippen molar-refractivity contribution in [1.82, 2.24) is 4.90 Å². The number of ether oxygens (including phenoxy) is 1. The fourth-order valence-corrected chi connectivity index (χ4v) is 2.29. The Morgan fingerprint density at radius 1 is 1.58 bits per heavy atom. The zero-order valence-electron chi connectivity index (χ0n) is 10.9. The van der Waals surface area contributed by atoms with Crippen LogP contribution < -0.4 is 0 Å². The van der Waals surface area contributed by atoms with Gasteiger partial charge in [0.15, 0.2) is 0 Å². The van der Waals surface area contributed by atoms with Gasteiger partial charge in [-0.2, -0.15) is 0 Å². The fourth-order valence-electron chi connectivity index (χ4n) is 2.29. The molecule has 104 valence electrons. The molecular weight excluding hydrogens is 249 g/mol. The molecule has 0 amide bonds. The molecule has 0 bridgehead atoms. The number of benzene rings is 1. The summed E-state index contributed by atoms with van der Waals surface area (Å²) in [6.45, 7) is 4.69. The van der Waals surface area contributed by atoms with Crippen molar-refractivity contribution < 1.29 is 19.0 Å². The number of hydrogen-bond donors (Lipinski definition) is 1. The van der Waals surface area contributed by atoms with Crippen LogP contribution in [-0.2, 0) is 11.3 Å². The summed E-state index contributed by atoms with van der Waals surface area (Å²) in [5.74, 6) is -1.39. The third kappa shape index (κ3) is 3.75. The van der Waals surface area contributed by atoms with Crippen LogP contribution in [0.15, 0.2) is 18.2 Å². The van der Waals surface area contributed by atoms with Crippen LogP contribution >= 0.6 is 0 Å². The number of carbonyl (C=O) groups is 1. The molecular formula is C14H18FNO3. The van der Waals surface area contributed by atoms with E-state index in [1.54, 1.807) is 0 Å². The number of nitrogens with zero attached hydrogens (tertiary/aromatic N) is 1. The second-order valence-electron chi connectivity index (χ2n) is 4.88. The Kier molecular flexibility index (Phi) is 4.50. The quantitative estimate of drug-likeness (QED) is 0.911. The van der Waals surface area contributed by atoms with Crippen molar-refractivity contribution in [3.8, 4) is 0 Å². The van der Waals surface area contributed by atoms with Crippen LogP contribution in [0.4, 0.5) is 4.39 Å². The van der Waals surface area contributed by atoms with E-state index in [-0.39, 0.29) is 17.5 Å². The van der Waals surface area contributed by atoms with E-state index < -0.39 is 5.97 Å². The lowest BCUT2D eigenvalue weighted by Gasteiger charge is -2.22. The van der Waals surface area contributed by atoms with Gasteiger partial charge in [-0.25, -0.2) is 9.18 Å². The van der Waals surface area contributed by atoms with E-state index in [4.69, 9.17) is 9.84 Å². The number of hydrogen-bond acceptors (Lipinski definition) is 3. The lowest BCUT2D eigenvalue weighted by Crippen LogP contribution is -2.30. The fraction of sp³-hybridized carbons (Fsp3) is 0.500. The van der Waals surface area contributed by atoms with Gasteiger partial charge in [0.1, 0.15) is 5.82 Å². The predicted molar refractivity (Wildman–Crippen MR) is 68.7 cm³/mol. The summed E-state index contributed by atoms with van der Waals surface area (Å²) in [5.41, 5.74) is 0.546. The van der Waals surface area contributed by atoms with Crippen LogP contribution in [-0.4, -0.2) is 41.8 Å². The lowest BCUT2D eigenvalue weighted by atomic mass is 10.1. The van der Waals surface area contributed by atoms with E-state index in [1.165, 1.54) is 18.2 Å². The first kappa shape index (κ1) is 14.0. The molecule has 1 aromatic carbocycles. The summed E-state index contributed by atoms with van der Waals surface area (Å²) < 4.78 is 19.3. The zero-order valence-corrected chi connectivity index (χ0v) is 10.9. The maximum absolute atomic E-state index is 13.7. The van der Waals surface area contributed by atoms with Gasteiger partial charge in [0.2, 0.25) is 0 Å². The maximum Gasteiger partial charge on any atom is 0.335 e. The van der Waals surface area contributed by atoms with E-state index in [0.717, 1.165) is 26.1 Å². The second-order valence-corrected chi connectivity index (χ2v) is 4.88. The Hall–Kier alpha value is -1.46. The molecule has 0 aromatic heterocycles. The van der Waals surface area contributed by atoms with Gasteiger partial charge in [0, 0.05) is 31.8 Å². The Morgan fingerprint density at radius 2 is 2.37 bits per heavy atom. The molecule has 1 heterocycles. The predicted octanol–water partition coefficient (Wildman–Crippen LogP) is 2.13. The first-order valence-corrected chi connectivity index (χ1v) is 6.42. The number of rotatable bonds is 3. The van der Waals surface area contributed by atoms with Crippen molar-refractivity contribution in [2.45, 2.75) is 26.0 Å². The molecule has 1 unspecified atom stereocenters. The molecule has 1 N–H and O–H groups in total. The Labute approximate surface area is 111 Å². The van der Waals surface area contributed by atoms with Gasteiger partial charge < -0.3 is 9.84 Å². The first-order valence-electron chi connectivity index (χ1n) is 6.42. The third-order valence-corrected chi connectivity index (χ3v) is 3.22. The summed E-state index contributed by atoms with van der Waals surface area (Å²) in [6.07, 6.45) is 1.03. The van der Waals surface area contributed by atoms with Crippen molar-refractivity contribution in [3.05, 3.63) is 35.1 Å². The molecule has 0 radical (unpaired) electrons. The normalized spacial score (nSPS) is 21.1. The van der Waals surface area contributed by atoms with E-state index in [0.29, 0.717) is 12.1 Å². The minimum absolute atomic E-state index is 0.119. The van der Waals surface area contributed by atoms with Gasteiger partial charge in [0.05, 0.1) is 11.7 Å². The van der Waals surface area contributed by atoms with E-state index in [1.807, 2.05) is 6.92 Å². The molecule has 0 spiro atoms. The lowest BCUT2D eigenvalue weighted by molar-refractivity contribution is 0.0663. The molecule has 2 rings (SSSR count). The van der Waals surface area contributed by atoms with Crippen molar-refractivity contribution in [3.63, 3.8) is 0 Å². The molecule has 0 aliphatic carbocycles. The van der Waals surface area contributed by atoms with Crippen molar-refractivity contribution in [2.24, 2.45) is 0 Å². The van der Waals surface area contributed by atoms with Gasteiger partial charge in [-0.05, 0) is 31.5 Å². The highest BCUT2D eigenvalue weighted by atomic mass is 19.1. The average molecular weight is 267 g/mol. The summed E-state index contributed by atoms with van der Waals surface area (Å²) >= 11 is 0. The highest BCUT2D eigenvalue weighted by molar-refractivity contribution is 5.87. The third-order valence-electron chi connectivity index (χ3n) is 3.22. The largest absolute Gasteiger partial charge is 0.478 e. The summed E-state index contributed by atoms with van der Waals surface area (Å²) in [7, 11) is 0. The molecule has 1 aliphatic heterocycles. The molecule has 1 aliphatic rings. The average Bonchev–Trinajstić information content (AvgIpc) is 2.56. The molecule has 1 saturated heterocycles. The van der Waals surface area contributed by atoms with Crippen LogP contribution in [0.5, 0.6) is 0 Å². The number of carboxylic acid groups (broad SMARTS) is 1. The SMILES string of the molecule is CC1CN(Cc2cc(C(=O)O)ccc2F)CCCO1. The molecule has 1 aromatic rings. The van der Waals surface area contributed by atoms with Crippen molar-refractivity contribution in [2.75, 3.05) is 19.7 Å². The summed E-state index contributed by atoms with van der Waals surface area (Å²) in [6, 6.07) is 3.92. The van der Waals surface area contributed by atoms with E-state index >= 15 is 0 Å². The van der Waals surface area contributed by atoms with Crippen LogP contribution in [0.2, 0.25) is 0 Å². The second kappa shape index (κ2) is 6.12. The van der Waals surface area contributed by atoms with Crippen LogP contribution in [0, 0.1) is 5.82 Å². The minimum Gasteiger partial charge on any atom is -0.478 e. The van der Waals surface area contributed by atoms with Gasteiger partial charge in [0.25, 0.3) is 0 Å². The van der Waals surface area contributed by atoms with Crippen LogP contribution in [0.1, 0.15) is 29.3 Å². The topological polar surface area (TPSA) is 49.8 Å². The van der Waals surface area contributed by atoms with Gasteiger partial charge in [-0.1, -0.05) is 0 Å². The van der Waals surface area contributed by atoms with Gasteiger partial charge >= 0.3 is 5.97 Å². The zero-order chi connectivity index (χ0) is 13.8. The highest BCUT2D eigenvalue weighted by Gasteiger charge is 2.17. The standard InChI is InChI=1S/C14H18FNO3/c1-10-8-16(5-2-6-19-10)9-12-7-11(14(17)18)3-4-13(12)15/h3-4,7,10H,2,5-6,8-9H2,1H3,(H,17,18). The molecule has 1 atom stereocenters. The van der Waals surface area contributed by atoms with Crippen molar-refractivity contribution >= 4 is 5.97 Å². The number of aromatic carboxylic acids is 1. The number of carboxylic acids is 1. The Balaban J connectivity index is 2.12. The molecule has 5 heteroatoms. The van der Waals surface area contributed by atoms with Crippen LogP contribution in [0.25, 0.3) is 0 Å². The molecule has 0 saturated carbocycles. The van der Waals surface area contributed by atoms with E-state index in [9.17, 15) is 9.18 Å². The number of halogens is 1. The molecule has 4 nitrogen and oxygen atoms in total. The van der Waals surface area contributed by atoms with Gasteiger partial charge in [-0.3, -0.25) is 4.90 Å². The molecule has 1 fully saturated rings. The monoisotopic (exact) mass is 267 g/mol. The Bertz CT molecular complexity index is 464. The van der Waals surface area contributed by atoms with E-state index in [2.05, 4.69) is 4.90 Å². The summed E-state index contributed by atoms with van der Waals surface area (Å²) in [4.78, 5) is 13.0. The van der Waals surface area contributed by atoms with Crippen LogP contribution in [0.3, 0.4) is 0 Å². The smallest absolute Gasteiger partial charge is 0.335 e. The maximum atomic E-state index is 13.7. The minimum atomic E-state index is -1.03. The van der Waals surface area contributed by atoms with Crippen molar-refractivity contribution in [1.29, 1.82) is 0 Å². The molecule has 19 heavy (non-hydrogen) atoms. The Morgan fingerprint density at radius 3 is 3.11 bits per heavy atom. The highest BCUT2D eigenvalue weighted by Crippen LogP contribution is 2.15. The van der Waals surface area contributed by atoms with Gasteiger partial charge in [-0.15, -0.1) is 0 Å².